The van der Waals surface area contributed by atoms with Crippen LogP contribution in [0.2, 0.25) is 0 Å². The highest BCUT2D eigenvalue weighted by Crippen LogP contribution is 2.11. The number of ether oxygens (including phenoxy) is 2. The zero-order valence-corrected chi connectivity index (χ0v) is 16.4. The monoisotopic (exact) mass is 354 g/mol. The van der Waals surface area contributed by atoms with Crippen LogP contribution in [0.1, 0.15) is 97.3 Å². The van der Waals surface area contributed by atoms with Gasteiger partial charge in [-0.15, -0.1) is 0 Å². The van der Waals surface area contributed by atoms with Crippen molar-refractivity contribution >= 4 is 11.9 Å². The summed E-state index contributed by atoms with van der Waals surface area (Å²) in [5.74, 6) is -0.972. The van der Waals surface area contributed by atoms with Gasteiger partial charge in [-0.2, -0.15) is 0 Å². The fourth-order valence-electron chi connectivity index (χ4n) is 2.55. The molecule has 0 saturated heterocycles. The molecule has 0 aliphatic heterocycles. The zero-order valence-electron chi connectivity index (χ0n) is 16.4. The van der Waals surface area contributed by atoms with E-state index in [-0.39, 0.29) is 0 Å². The van der Waals surface area contributed by atoms with Crippen molar-refractivity contribution in [2.24, 2.45) is 0 Å². The first-order valence-electron chi connectivity index (χ1n) is 10.2. The standard InChI is InChI=1S/C21H38O4/c1-3-5-6-7-8-9-10-11-12-13-14-15-19-25-21(23)17-16-20(22)24-18-4-2/h16-17H,3-15,18-19H2,1-2H3/b17-16-. The van der Waals surface area contributed by atoms with Crippen LogP contribution >= 0.6 is 0 Å². The highest BCUT2D eigenvalue weighted by Gasteiger charge is 2.00. The van der Waals surface area contributed by atoms with Gasteiger partial charge in [-0.1, -0.05) is 84.5 Å². The predicted molar refractivity (Wildman–Crippen MR) is 102 cm³/mol. The maximum Gasteiger partial charge on any atom is 0.331 e. The molecule has 0 saturated carbocycles. The molecule has 0 bridgehead atoms. The van der Waals surface area contributed by atoms with Crippen LogP contribution in [0, 0.1) is 0 Å². The summed E-state index contributed by atoms with van der Waals surface area (Å²) >= 11 is 0. The molecule has 0 atom stereocenters. The Bertz CT molecular complexity index is 350. The van der Waals surface area contributed by atoms with E-state index < -0.39 is 11.9 Å². The largest absolute Gasteiger partial charge is 0.463 e. The maximum absolute atomic E-state index is 11.4. The molecule has 25 heavy (non-hydrogen) atoms. The molecular formula is C21H38O4. The highest BCUT2D eigenvalue weighted by molar-refractivity contribution is 5.91. The van der Waals surface area contributed by atoms with Crippen LogP contribution in [-0.4, -0.2) is 25.2 Å². The van der Waals surface area contributed by atoms with Gasteiger partial charge in [0, 0.05) is 12.2 Å². The van der Waals surface area contributed by atoms with E-state index in [1.165, 1.54) is 64.2 Å². The summed E-state index contributed by atoms with van der Waals surface area (Å²) in [6.07, 6.45) is 18.4. The molecule has 0 radical (unpaired) electrons. The van der Waals surface area contributed by atoms with Gasteiger partial charge in [0.25, 0.3) is 0 Å². The van der Waals surface area contributed by atoms with Crippen LogP contribution < -0.4 is 0 Å². The number of carbonyl (C=O) groups excluding carboxylic acids is 2. The van der Waals surface area contributed by atoms with Crippen molar-refractivity contribution in [2.45, 2.75) is 97.3 Å². The lowest BCUT2D eigenvalue weighted by Crippen LogP contribution is -2.05. The number of esters is 2. The van der Waals surface area contributed by atoms with Crippen LogP contribution in [0.4, 0.5) is 0 Å². The number of unbranched alkanes of at least 4 members (excludes halogenated alkanes) is 11. The van der Waals surface area contributed by atoms with E-state index in [1.807, 2.05) is 6.92 Å². The second-order valence-corrected chi connectivity index (χ2v) is 6.56. The minimum atomic E-state index is -0.496. The van der Waals surface area contributed by atoms with Crippen molar-refractivity contribution in [3.63, 3.8) is 0 Å². The molecule has 0 aromatic heterocycles. The van der Waals surface area contributed by atoms with Gasteiger partial charge in [-0.25, -0.2) is 9.59 Å². The van der Waals surface area contributed by atoms with E-state index in [0.717, 1.165) is 31.4 Å². The fourth-order valence-corrected chi connectivity index (χ4v) is 2.55. The van der Waals surface area contributed by atoms with E-state index in [9.17, 15) is 9.59 Å². The molecule has 0 heterocycles. The van der Waals surface area contributed by atoms with Gasteiger partial charge >= 0.3 is 11.9 Å². The minimum Gasteiger partial charge on any atom is -0.463 e. The molecule has 0 fully saturated rings. The van der Waals surface area contributed by atoms with Crippen molar-refractivity contribution in [1.82, 2.24) is 0 Å². The summed E-state index contributed by atoms with van der Waals surface area (Å²) in [6, 6.07) is 0. The molecular weight excluding hydrogens is 316 g/mol. The third-order valence-corrected chi connectivity index (χ3v) is 4.05. The van der Waals surface area contributed by atoms with Gasteiger partial charge in [0.2, 0.25) is 0 Å². The second-order valence-electron chi connectivity index (χ2n) is 6.56. The predicted octanol–water partition coefficient (Wildman–Crippen LogP) is 5.74. The Morgan fingerprint density at radius 3 is 1.40 bits per heavy atom. The molecule has 0 spiro atoms. The quantitative estimate of drug-likeness (QED) is 0.190. The maximum atomic E-state index is 11.4. The molecule has 146 valence electrons. The van der Waals surface area contributed by atoms with Crippen molar-refractivity contribution in [2.75, 3.05) is 13.2 Å². The number of hydrogen-bond donors (Lipinski definition) is 0. The first-order chi connectivity index (χ1) is 12.2. The van der Waals surface area contributed by atoms with Crippen LogP contribution in [0.15, 0.2) is 12.2 Å². The van der Waals surface area contributed by atoms with Crippen LogP contribution in [0.25, 0.3) is 0 Å². The molecule has 0 aliphatic carbocycles. The molecule has 4 heteroatoms. The summed E-state index contributed by atoms with van der Waals surface area (Å²) in [5.41, 5.74) is 0. The Balaban J connectivity index is 3.31. The molecule has 4 nitrogen and oxygen atoms in total. The van der Waals surface area contributed by atoms with Gasteiger partial charge in [0.15, 0.2) is 0 Å². The molecule has 0 N–H and O–H groups in total. The van der Waals surface area contributed by atoms with E-state index in [4.69, 9.17) is 9.47 Å². The average molecular weight is 355 g/mol. The average Bonchev–Trinajstić information content (AvgIpc) is 2.62. The van der Waals surface area contributed by atoms with Gasteiger partial charge in [-0.3, -0.25) is 0 Å². The molecule has 0 aromatic carbocycles. The van der Waals surface area contributed by atoms with Gasteiger partial charge < -0.3 is 9.47 Å². The van der Waals surface area contributed by atoms with E-state index >= 15 is 0 Å². The van der Waals surface area contributed by atoms with Crippen molar-refractivity contribution in [3.05, 3.63) is 12.2 Å². The van der Waals surface area contributed by atoms with Crippen LogP contribution in [-0.2, 0) is 19.1 Å². The lowest BCUT2D eigenvalue weighted by atomic mass is 10.1. The van der Waals surface area contributed by atoms with Crippen molar-refractivity contribution < 1.29 is 19.1 Å². The molecule has 0 aromatic rings. The molecule has 0 rings (SSSR count). The highest BCUT2D eigenvalue weighted by atomic mass is 16.5. The first kappa shape index (κ1) is 23.7. The number of carbonyl (C=O) groups is 2. The summed E-state index contributed by atoms with van der Waals surface area (Å²) < 4.78 is 9.89. The van der Waals surface area contributed by atoms with Gasteiger partial charge in [0.05, 0.1) is 13.2 Å². The molecule has 0 aliphatic rings. The Morgan fingerprint density at radius 1 is 0.560 bits per heavy atom. The van der Waals surface area contributed by atoms with E-state index in [0.29, 0.717) is 13.2 Å². The Hall–Kier alpha value is -1.32. The fraction of sp³-hybridized carbons (Fsp3) is 0.810. The van der Waals surface area contributed by atoms with E-state index in [2.05, 4.69) is 6.92 Å². The Labute approximate surface area is 154 Å². The van der Waals surface area contributed by atoms with Crippen LogP contribution in [0.5, 0.6) is 0 Å². The lowest BCUT2D eigenvalue weighted by Gasteiger charge is -2.03. The number of hydrogen-bond acceptors (Lipinski definition) is 4. The topological polar surface area (TPSA) is 52.6 Å². The first-order valence-corrected chi connectivity index (χ1v) is 10.2. The third-order valence-electron chi connectivity index (χ3n) is 4.05. The third kappa shape index (κ3) is 18.9. The van der Waals surface area contributed by atoms with Crippen molar-refractivity contribution in [1.29, 1.82) is 0 Å². The summed E-state index contributed by atoms with van der Waals surface area (Å²) in [4.78, 5) is 22.6. The second kappa shape index (κ2) is 19.0. The van der Waals surface area contributed by atoms with Gasteiger partial charge in [0.1, 0.15) is 0 Å². The van der Waals surface area contributed by atoms with Crippen LogP contribution in [0.3, 0.4) is 0 Å². The summed E-state index contributed by atoms with van der Waals surface area (Å²) in [6.45, 7) is 4.96. The van der Waals surface area contributed by atoms with Crippen molar-refractivity contribution in [3.8, 4) is 0 Å². The smallest absolute Gasteiger partial charge is 0.331 e. The molecule has 0 unspecified atom stereocenters. The summed E-state index contributed by atoms with van der Waals surface area (Å²) in [7, 11) is 0. The molecule has 0 amide bonds. The van der Waals surface area contributed by atoms with E-state index in [1.54, 1.807) is 0 Å². The zero-order chi connectivity index (χ0) is 18.6. The lowest BCUT2D eigenvalue weighted by molar-refractivity contribution is -0.140. The Morgan fingerprint density at radius 2 is 0.960 bits per heavy atom. The SMILES string of the molecule is CCCCCCCCCCCCCCOC(=O)/C=C\C(=O)OCCC. The van der Waals surface area contributed by atoms with Gasteiger partial charge in [-0.05, 0) is 12.8 Å². The number of rotatable bonds is 17. The summed E-state index contributed by atoms with van der Waals surface area (Å²) in [5, 5.41) is 0. The minimum absolute atomic E-state index is 0.372. The normalized spacial score (nSPS) is 11.0. The Kier molecular flexibility index (Phi) is 18.0.